The predicted octanol–water partition coefficient (Wildman–Crippen LogP) is 4.28. The van der Waals surface area contributed by atoms with Crippen molar-refractivity contribution >= 4 is 28.1 Å². The number of hydrogen-bond donors (Lipinski definition) is 1. The van der Waals surface area contributed by atoms with Gasteiger partial charge in [0.15, 0.2) is 0 Å². The number of aromatic amines is 1. The van der Waals surface area contributed by atoms with E-state index in [1.54, 1.807) is 19.2 Å². The molecule has 7 nitrogen and oxygen atoms in total. The van der Waals surface area contributed by atoms with E-state index in [0.29, 0.717) is 46.6 Å². The molecular formula is C24H25FN6OS. The number of pyridine rings is 1. The van der Waals surface area contributed by atoms with Crippen LogP contribution in [-0.2, 0) is 0 Å². The molecule has 4 aromatic rings. The number of aryl methyl sites for hydroxylation is 2. The Morgan fingerprint density at radius 1 is 1.24 bits per heavy atom. The number of nitrogens with one attached hydrogen (secondary N) is 1. The maximum Gasteiger partial charge on any atom is 0.274 e. The summed E-state index contributed by atoms with van der Waals surface area (Å²) in [5.74, 6) is -0.380. The van der Waals surface area contributed by atoms with Crippen LogP contribution in [0, 0.1) is 19.7 Å². The largest absolute Gasteiger partial charge is 0.336 e. The summed E-state index contributed by atoms with van der Waals surface area (Å²) < 4.78 is 14.0. The van der Waals surface area contributed by atoms with Crippen molar-refractivity contribution in [3.8, 4) is 21.1 Å². The van der Waals surface area contributed by atoms with Crippen LogP contribution < -0.4 is 0 Å². The number of halogens is 1. The highest BCUT2D eigenvalue weighted by Crippen LogP contribution is 2.38. The number of carbonyl (C=O) groups excluding carboxylic acids is 1. The van der Waals surface area contributed by atoms with Crippen molar-refractivity contribution < 1.29 is 9.18 Å². The van der Waals surface area contributed by atoms with Crippen LogP contribution in [-0.4, -0.2) is 69.1 Å². The van der Waals surface area contributed by atoms with E-state index < -0.39 is 0 Å². The third kappa shape index (κ3) is 3.81. The summed E-state index contributed by atoms with van der Waals surface area (Å²) >= 11 is 1.42. The summed E-state index contributed by atoms with van der Waals surface area (Å²) in [5.41, 5.74) is 3.91. The number of likely N-dealkylation sites (tertiary alicyclic amines) is 1. The molecule has 5 rings (SSSR count). The minimum atomic E-state index is -0.300. The molecule has 0 aliphatic carbocycles. The first-order valence-electron chi connectivity index (χ1n) is 10.9. The number of nitrogens with zero attached hydrogens (tertiary/aromatic N) is 5. The Labute approximate surface area is 195 Å². The van der Waals surface area contributed by atoms with Crippen LogP contribution >= 0.6 is 11.3 Å². The van der Waals surface area contributed by atoms with Gasteiger partial charge in [0.2, 0.25) is 0 Å². The fourth-order valence-corrected chi connectivity index (χ4v) is 5.28. The third-order valence-corrected chi connectivity index (χ3v) is 7.43. The monoisotopic (exact) mass is 464 g/mol. The molecule has 1 fully saturated rings. The molecule has 1 saturated heterocycles. The lowest BCUT2D eigenvalue weighted by molar-refractivity contribution is 0.0779. The Bertz CT molecular complexity index is 1340. The number of fused-ring (bicyclic) bond motifs is 1. The maximum atomic E-state index is 14.0. The van der Waals surface area contributed by atoms with Crippen LogP contribution in [0.5, 0.6) is 0 Å². The molecule has 33 heavy (non-hydrogen) atoms. The SMILES string of the molecule is Cc1ccc(-c2sc(-c3[nH]nc4c(C)c(F)ccc34)nc2C(=O)N2CC[C@H](N(C)C)C2)cn1. The molecule has 1 aliphatic rings. The van der Waals surface area contributed by atoms with Crippen LogP contribution in [0.2, 0.25) is 0 Å². The second kappa shape index (κ2) is 8.31. The Kier molecular flexibility index (Phi) is 5.46. The molecule has 1 aromatic carbocycles. The van der Waals surface area contributed by atoms with Crippen LogP contribution in [0.4, 0.5) is 4.39 Å². The van der Waals surface area contributed by atoms with Gasteiger partial charge in [0.05, 0.1) is 10.4 Å². The van der Waals surface area contributed by atoms with Crippen molar-refractivity contribution in [1.82, 2.24) is 30.0 Å². The van der Waals surface area contributed by atoms with Gasteiger partial charge < -0.3 is 9.80 Å². The molecule has 4 heterocycles. The predicted molar refractivity (Wildman–Crippen MR) is 128 cm³/mol. The maximum absolute atomic E-state index is 14.0. The van der Waals surface area contributed by atoms with Gasteiger partial charge >= 0.3 is 0 Å². The second-order valence-electron chi connectivity index (χ2n) is 8.71. The average molecular weight is 465 g/mol. The van der Waals surface area contributed by atoms with Gasteiger partial charge in [-0.3, -0.25) is 14.9 Å². The summed E-state index contributed by atoms with van der Waals surface area (Å²) in [6, 6.07) is 7.37. The summed E-state index contributed by atoms with van der Waals surface area (Å²) in [6.45, 7) is 5.01. The second-order valence-corrected chi connectivity index (χ2v) is 9.71. The number of benzene rings is 1. The van der Waals surface area contributed by atoms with Crippen molar-refractivity contribution in [2.45, 2.75) is 26.3 Å². The molecule has 170 valence electrons. The van der Waals surface area contributed by atoms with E-state index >= 15 is 0 Å². The summed E-state index contributed by atoms with van der Waals surface area (Å²) in [5, 5.41) is 8.76. The molecule has 3 aromatic heterocycles. The Hall–Kier alpha value is -3.17. The molecule has 1 amide bonds. The van der Waals surface area contributed by atoms with Crippen LogP contribution in [0.15, 0.2) is 30.5 Å². The van der Waals surface area contributed by atoms with Gasteiger partial charge in [-0.1, -0.05) is 6.07 Å². The number of aromatic nitrogens is 4. The Morgan fingerprint density at radius 3 is 2.76 bits per heavy atom. The molecular weight excluding hydrogens is 439 g/mol. The first kappa shape index (κ1) is 21.7. The van der Waals surface area contributed by atoms with E-state index in [4.69, 9.17) is 4.98 Å². The Balaban J connectivity index is 1.61. The lowest BCUT2D eigenvalue weighted by atomic mass is 10.1. The first-order valence-corrected chi connectivity index (χ1v) is 11.7. The highest BCUT2D eigenvalue weighted by Gasteiger charge is 2.32. The number of H-pyrrole nitrogens is 1. The van der Waals surface area contributed by atoms with Crippen molar-refractivity contribution in [2.75, 3.05) is 27.2 Å². The number of hydrogen-bond acceptors (Lipinski definition) is 6. The van der Waals surface area contributed by atoms with E-state index in [1.807, 2.05) is 38.1 Å². The van der Waals surface area contributed by atoms with E-state index in [1.165, 1.54) is 17.4 Å². The van der Waals surface area contributed by atoms with Gasteiger partial charge in [-0.25, -0.2) is 9.37 Å². The van der Waals surface area contributed by atoms with Crippen molar-refractivity contribution in [3.63, 3.8) is 0 Å². The quantitative estimate of drug-likeness (QED) is 0.488. The number of thiazole rings is 1. The number of rotatable bonds is 4. The minimum Gasteiger partial charge on any atom is -0.336 e. The van der Waals surface area contributed by atoms with Gasteiger partial charge in [0.1, 0.15) is 22.2 Å². The summed E-state index contributed by atoms with van der Waals surface area (Å²) in [7, 11) is 4.08. The molecule has 0 saturated carbocycles. The molecule has 0 unspecified atom stereocenters. The van der Waals surface area contributed by atoms with Crippen LogP contribution in [0.25, 0.3) is 32.0 Å². The van der Waals surface area contributed by atoms with Crippen molar-refractivity contribution in [2.24, 2.45) is 0 Å². The molecule has 0 radical (unpaired) electrons. The number of amides is 1. The van der Waals surface area contributed by atoms with Gasteiger partial charge in [0.25, 0.3) is 5.91 Å². The standard InChI is InChI=1S/C24H25FN6OS/c1-13-5-6-15(11-26-13)22-21(24(32)31-10-9-16(12-31)30(3)4)27-23(33-22)20-17-7-8-18(25)14(2)19(17)28-29-20/h5-8,11,16H,9-10,12H2,1-4H3,(H,28,29)/t16-/m0/s1. The van der Waals surface area contributed by atoms with E-state index in [2.05, 4.69) is 20.1 Å². The Morgan fingerprint density at radius 2 is 2.06 bits per heavy atom. The zero-order valence-corrected chi connectivity index (χ0v) is 19.8. The number of carbonyl (C=O) groups is 1. The highest BCUT2D eigenvalue weighted by atomic mass is 32.1. The fourth-order valence-electron chi connectivity index (χ4n) is 4.22. The van der Waals surface area contributed by atoms with Gasteiger partial charge in [-0.15, -0.1) is 11.3 Å². The molecule has 1 atom stereocenters. The number of likely N-dealkylation sites (N-methyl/N-ethyl adjacent to an activating group) is 1. The first-order chi connectivity index (χ1) is 15.8. The van der Waals surface area contributed by atoms with Crippen molar-refractivity contribution in [1.29, 1.82) is 0 Å². The zero-order chi connectivity index (χ0) is 23.3. The average Bonchev–Trinajstić information content (AvgIpc) is 3.54. The van der Waals surface area contributed by atoms with Crippen LogP contribution in [0.3, 0.4) is 0 Å². The molecule has 1 aliphatic heterocycles. The van der Waals surface area contributed by atoms with Gasteiger partial charge in [-0.2, -0.15) is 5.10 Å². The summed E-state index contributed by atoms with van der Waals surface area (Å²) in [4.78, 5) is 27.6. The van der Waals surface area contributed by atoms with Gasteiger partial charge in [-0.05, 0) is 52.6 Å². The van der Waals surface area contributed by atoms with Crippen molar-refractivity contribution in [3.05, 3.63) is 53.2 Å². The highest BCUT2D eigenvalue weighted by molar-refractivity contribution is 7.18. The van der Waals surface area contributed by atoms with E-state index in [0.717, 1.165) is 27.9 Å². The van der Waals surface area contributed by atoms with E-state index in [-0.39, 0.29) is 11.7 Å². The molecule has 1 N–H and O–H groups in total. The smallest absolute Gasteiger partial charge is 0.274 e. The minimum absolute atomic E-state index is 0.0801. The third-order valence-electron chi connectivity index (χ3n) is 6.31. The molecule has 0 spiro atoms. The lowest BCUT2D eigenvalue weighted by Gasteiger charge is -2.20. The summed E-state index contributed by atoms with van der Waals surface area (Å²) in [6.07, 6.45) is 2.72. The van der Waals surface area contributed by atoms with Crippen LogP contribution in [0.1, 0.15) is 28.2 Å². The zero-order valence-electron chi connectivity index (χ0n) is 19.0. The fraction of sp³-hybridized carbons (Fsp3) is 0.333. The normalized spacial score (nSPS) is 16.3. The molecule has 0 bridgehead atoms. The lowest BCUT2D eigenvalue weighted by Crippen LogP contribution is -2.34. The van der Waals surface area contributed by atoms with E-state index in [9.17, 15) is 9.18 Å². The van der Waals surface area contributed by atoms with Gasteiger partial charge in [0, 0.05) is 47.5 Å². The topological polar surface area (TPSA) is 78.0 Å². The molecule has 9 heteroatoms.